The third-order valence-corrected chi connectivity index (χ3v) is 4.31. The molecule has 0 heterocycles. The van der Waals surface area contributed by atoms with Crippen molar-refractivity contribution in [1.29, 1.82) is 0 Å². The molecule has 6 heteroatoms. The van der Waals surface area contributed by atoms with Crippen molar-refractivity contribution in [1.82, 2.24) is 5.32 Å². The summed E-state index contributed by atoms with van der Waals surface area (Å²) in [6, 6.07) is 3.41. The molecule has 0 aliphatic heterocycles. The molecule has 1 aromatic carbocycles. The first-order chi connectivity index (χ1) is 9.78. The average molecular weight is 317 g/mol. The molecule has 0 radical (unpaired) electrons. The second kappa shape index (κ2) is 7.75. The van der Waals surface area contributed by atoms with Crippen LogP contribution < -0.4 is 5.32 Å². The normalized spacial score (nSPS) is 15.5. The topological polar surface area (TPSA) is 49.3 Å². The minimum absolute atomic E-state index is 0.129. The number of rotatable bonds is 8. The van der Waals surface area contributed by atoms with Gasteiger partial charge in [-0.25, -0.2) is 8.78 Å². The van der Waals surface area contributed by atoms with E-state index in [1.54, 1.807) is 6.92 Å². The number of halogens is 2. The van der Waals surface area contributed by atoms with Gasteiger partial charge in [-0.1, -0.05) is 13.8 Å². The van der Waals surface area contributed by atoms with Crippen molar-refractivity contribution in [3.05, 3.63) is 29.8 Å². The lowest BCUT2D eigenvalue weighted by Crippen LogP contribution is -2.51. The van der Waals surface area contributed by atoms with Crippen LogP contribution in [0.1, 0.15) is 33.6 Å². The van der Waals surface area contributed by atoms with Crippen LogP contribution in [0.25, 0.3) is 0 Å². The van der Waals surface area contributed by atoms with Crippen LogP contribution in [0.4, 0.5) is 8.78 Å². The van der Waals surface area contributed by atoms with E-state index in [2.05, 4.69) is 5.32 Å². The van der Waals surface area contributed by atoms with Gasteiger partial charge in [0.15, 0.2) is 0 Å². The summed E-state index contributed by atoms with van der Waals surface area (Å²) in [4.78, 5) is 11.8. The molecule has 2 N–H and O–H groups in total. The molecule has 0 aliphatic carbocycles. The molecule has 2 unspecified atom stereocenters. The SMILES string of the molecule is CCCNC(C)(CC(C)Sc1ccc(F)cc1F)C(=O)O. The highest BCUT2D eigenvalue weighted by Gasteiger charge is 2.34. The van der Waals surface area contributed by atoms with Gasteiger partial charge in [-0.15, -0.1) is 11.8 Å². The van der Waals surface area contributed by atoms with Crippen molar-refractivity contribution >= 4 is 17.7 Å². The van der Waals surface area contributed by atoms with Crippen LogP contribution in [0, 0.1) is 11.6 Å². The maximum atomic E-state index is 13.6. The van der Waals surface area contributed by atoms with E-state index < -0.39 is 23.1 Å². The molecular weight excluding hydrogens is 296 g/mol. The highest BCUT2D eigenvalue weighted by atomic mass is 32.2. The summed E-state index contributed by atoms with van der Waals surface area (Å²) in [6.45, 7) is 6.03. The Morgan fingerprint density at radius 2 is 2.14 bits per heavy atom. The number of nitrogens with one attached hydrogen (secondary N) is 1. The van der Waals surface area contributed by atoms with Crippen molar-refractivity contribution in [2.24, 2.45) is 0 Å². The van der Waals surface area contributed by atoms with Crippen LogP contribution >= 0.6 is 11.8 Å². The molecule has 0 spiro atoms. The summed E-state index contributed by atoms with van der Waals surface area (Å²) in [6.07, 6.45) is 1.17. The lowest BCUT2D eigenvalue weighted by Gasteiger charge is -2.29. The Morgan fingerprint density at radius 3 is 2.67 bits per heavy atom. The fraction of sp³-hybridized carbons (Fsp3) is 0.533. The van der Waals surface area contributed by atoms with Gasteiger partial charge in [-0.2, -0.15) is 0 Å². The van der Waals surface area contributed by atoms with E-state index in [-0.39, 0.29) is 5.25 Å². The largest absolute Gasteiger partial charge is 0.480 e. The second-order valence-electron chi connectivity index (χ2n) is 5.27. The van der Waals surface area contributed by atoms with Crippen molar-refractivity contribution in [3.63, 3.8) is 0 Å². The van der Waals surface area contributed by atoms with Gasteiger partial charge in [0.25, 0.3) is 0 Å². The first kappa shape index (κ1) is 17.9. The highest BCUT2D eigenvalue weighted by Crippen LogP contribution is 2.31. The van der Waals surface area contributed by atoms with Crippen molar-refractivity contribution in [2.75, 3.05) is 6.54 Å². The van der Waals surface area contributed by atoms with Gasteiger partial charge in [0.2, 0.25) is 0 Å². The van der Waals surface area contributed by atoms with Crippen molar-refractivity contribution in [3.8, 4) is 0 Å². The predicted molar refractivity (Wildman–Crippen MR) is 80.6 cm³/mol. The lowest BCUT2D eigenvalue weighted by atomic mass is 9.96. The Morgan fingerprint density at radius 1 is 1.48 bits per heavy atom. The molecule has 0 saturated heterocycles. The molecule has 2 atom stereocenters. The molecule has 0 aromatic heterocycles. The summed E-state index contributed by atoms with van der Waals surface area (Å²) in [7, 11) is 0. The van der Waals surface area contributed by atoms with Gasteiger partial charge in [0, 0.05) is 16.2 Å². The van der Waals surface area contributed by atoms with Crippen LogP contribution in [0.3, 0.4) is 0 Å². The van der Waals surface area contributed by atoms with Gasteiger partial charge >= 0.3 is 5.97 Å². The molecule has 118 valence electrons. The molecule has 21 heavy (non-hydrogen) atoms. The number of thioether (sulfide) groups is 1. The molecule has 0 bridgehead atoms. The summed E-state index contributed by atoms with van der Waals surface area (Å²) in [5, 5.41) is 12.3. The van der Waals surface area contributed by atoms with Crippen LogP contribution in [0.2, 0.25) is 0 Å². The van der Waals surface area contributed by atoms with Gasteiger partial charge in [-0.3, -0.25) is 4.79 Å². The van der Waals surface area contributed by atoms with Crippen LogP contribution in [-0.4, -0.2) is 28.4 Å². The molecule has 0 amide bonds. The minimum atomic E-state index is -1.06. The van der Waals surface area contributed by atoms with E-state index in [1.807, 2.05) is 13.8 Å². The smallest absolute Gasteiger partial charge is 0.323 e. The van der Waals surface area contributed by atoms with E-state index in [4.69, 9.17) is 0 Å². The zero-order valence-electron chi connectivity index (χ0n) is 12.5. The monoisotopic (exact) mass is 317 g/mol. The summed E-state index contributed by atoms with van der Waals surface area (Å²) >= 11 is 1.21. The number of carboxylic acid groups (broad SMARTS) is 1. The third kappa shape index (κ3) is 5.28. The fourth-order valence-electron chi connectivity index (χ4n) is 2.04. The van der Waals surface area contributed by atoms with Gasteiger partial charge in [0.1, 0.15) is 17.2 Å². The van der Waals surface area contributed by atoms with Crippen molar-refractivity contribution in [2.45, 2.75) is 49.3 Å². The van der Waals surface area contributed by atoms with E-state index in [0.717, 1.165) is 12.5 Å². The predicted octanol–water partition coefficient (Wildman–Crippen LogP) is 3.68. The van der Waals surface area contributed by atoms with E-state index in [1.165, 1.54) is 23.9 Å². The summed E-state index contributed by atoms with van der Waals surface area (Å²) in [5.74, 6) is -2.17. The summed E-state index contributed by atoms with van der Waals surface area (Å²) in [5.41, 5.74) is -1.06. The van der Waals surface area contributed by atoms with Crippen LogP contribution in [-0.2, 0) is 4.79 Å². The Labute approximate surface area is 128 Å². The number of carboxylic acids is 1. The molecule has 1 rings (SSSR count). The molecule has 3 nitrogen and oxygen atoms in total. The number of aliphatic carboxylic acids is 1. The molecule has 0 fully saturated rings. The number of hydrogen-bond acceptors (Lipinski definition) is 3. The number of carbonyl (C=O) groups is 1. The first-order valence-electron chi connectivity index (χ1n) is 6.88. The first-order valence-corrected chi connectivity index (χ1v) is 7.76. The Bertz CT molecular complexity index is 499. The minimum Gasteiger partial charge on any atom is -0.480 e. The Kier molecular flexibility index (Phi) is 6.61. The standard InChI is InChI=1S/C15H21F2NO2S/c1-4-7-18-15(3,14(19)20)9-10(2)21-13-6-5-11(16)8-12(13)17/h5-6,8,10,18H,4,7,9H2,1-3H3,(H,19,20). The van der Waals surface area contributed by atoms with Crippen LogP contribution in [0.15, 0.2) is 23.1 Å². The maximum absolute atomic E-state index is 13.6. The number of benzene rings is 1. The van der Waals surface area contributed by atoms with E-state index in [9.17, 15) is 18.7 Å². The maximum Gasteiger partial charge on any atom is 0.323 e. The quantitative estimate of drug-likeness (QED) is 0.718. The fourth-order valence-corrected chi connectivity index (χ4v) is 3.21. The molecule has 0 saturated carbocycles. The number of hydrogen-bond donors (Lipinski definition) is 2. The van der Waals surface area contributed by atoms with Crippen LogP contribution in [0.5, 0.6) is 0 Å². The second-order valence-corrected chi connectivity index (χ2v) is 6.75. The Balaban J connectivity index is 2.73. The lowest BCUT2D eigenvalue weighted by molar-refractivity contribution is -0.144. The van der Waals surface area contributed by atoms with Crippen molar-refractivity contribution < 1.29 is 18.7 Å². The summed E-state index contributed by atoms with van der Waals surface area (Å²) < 4.78 is 26.5. The van der Waals surface area contributed by atoms with E-state index >= 15 is 0 Å². The Hall–Kier alpha value is -1.14. The third-order valence-electron chi connectivity index (χ3n) is 3.15. The highest BCUT2D eigenvalue weighted by molar-refractivity contribution is 8.00. The van der Waals surface area contributed by atoms with Gasteiger partial charge in [0.05, 0.1) is 0 Å². The zero-order valence-corrected chi connectivity index (χ0v) is 13.3. The molecule has 0 aliphatic rings. The van der Waals surface area contributed by atoms with Gasteiger partial charge < -0.3 is 10.4 Å². The molecular formula is C15H21F2NO2S. The average Bonchev–Trinajstić information content (AvgIpc) is 2.39. The molecule has 1 aromatic rings. The van der Waals surface area contributed by atoms with E-state index in [0.29, 0.717) is 17.9 Å². The van der Waals surface area contributed by atoms with Gasteiger partial charge in [-0.05, 0) is 38.4 Å². The zero-order chi connectivity index (χ0) is 16.0.